The summed E-state index contributed by atoms with van der Waals surface area (Å²) in [5.41, 5.74) is 2.35. The lowest BCUT2D eigenvalue weighted by Crippen LogP contribution is -2.43. The molecular weight excluding hydrogens is 750 g/mol. The Morgan fingerprint density at radius 1 is 1.12 bits per heavy atom. The van der Waals surface area contributed by atoms with Crippen LogP contribution in [0.5, 0.6) is 5.75 Å². The maximum atomic E-state index is 13.6. The highest BCUT2D eigenvalue weighted by Crippen LogP contribution is 2.36. The molecule has 4 unspecified atom stereocenters. The van der Waals surface area contributed by atoms with Crippen LogP contribution in [-0.4, -0.2) is 102 Å². The Morgan fingerprint density at radius 2 is 1.92 bits per heavy atom. The Balaban J connectivity index is 0.952. The van der Waals surface area contributed by atoms with Crippen molar-refractivity contribution in [1.82, 2.24) is 24.5 Å². The molecule has 4 atom stereocenters. The van der Waals surface area contributed by atoms with E-state index in [0.29, 0.717) is 52.5 Å². The number of ether oxygens (including phenoxy) is 1. The molecular formula is C37H40BrN7O6S. The summed E-state index contributed by atoms with van der Waals surface area (Å²) in [5.74, 6) is 0.573. The first-order valence-corrected chi connectivity index (χ1v) is 19.1. The predicted molar refractivity (Wildman–Crippen MR) is 202 cm³/mol. The zero-order valence-electron chi connectivity index (χ0n) is 28.9. The summed E-state index contributed by atoms with van der Waals surface area (Å²) in [4.78, 5) is 74.1. The average molecular weight is 791 g/mol. The molecule has 3 amide bonds. The number of fused-ring (bicyclic) bond motifs is 2. The number of piperidine rings is 1. The third kappa shape index (κ3) is 7.08. The van der Waals surface area contributed by atoms with E-state index in [1.807, 2.05) is 23.6 Å². The Labute approximate surface area is 313 Å². The number of hydrogen-bond acceptors (Lipinski definition) is 11. The number of amides is 3. The lowest BCUT2D eigenvalue weighted by atomic mass is 9.88. The molecule has 0 bridgehead atoms. The number of likely N-dealkylation sites (tertiary alicyclic amines) is 1. The molecule has 0 saturated carbocycles. The lowest BCUT2D eigenvalue weighted by Gasteiger charge is -2.36. The Bertz CT molecular complexity index is 2070. The summed E-state index contributed by atoms with van der Waals surface area (Å²) < 4.78 is 8.22. The molecule has 52 heavy (non-hydrogen) atoms. The number of halogens is 1. The van der Waals surface area contributed by atoms with Gasteiger partial charge in [0, 0.05) is 63.2 Å². The molecule has 0 spiro atoms. The van der Waals surface area contributed by atoms with Gasteiger partial charge in [-0.3, -0.25) is 28.5 Å². The van der Waals surface area contributed by atoms with E-state index in [4.69, 9.17) is 4.74 Å². The molecule has 2 aromatic carbocycles. The van der Waals surface area contributed by atoms with E-state index in [-0.39, 0.29) is 47.7 Å². The number of benzene rings is 2. The van der Waals surface area contributed by atoms with Crippen LogP contribution in [-0.2, 0) is 9.59 Å². The number of nitrogens with one attached hydrogen (secondary N) is 2. The van der Waals surface area contributed by atoms with E-state index < -0.39 is 17.9 Å². The SMILES string of the molecule is CNC(=O)CCC(C=O)N1C(=O)c2cccc(N3CCC(COc4ccc(C5CC(Nc6nc7sccn7c(=O)c6Br)CN(C)C5)cc4)C3)c2C1=O. The van der Waals surface area contributed by atoms with Crippen LogP contribution in [0.25, 0.3) is 4.96 Å². The smallest absolute Gasteiger partial charge is 0.275 e. The fourth-order valence-electron chi connectivity index (χ4n) is 7.56. The number of likely N-dealkylation sites (N-methyl/N-ethyl adjacent to an activating group) is 1. The lowest BCUT2D eigenvalue weighted by molar-refractivity contribution is -0.121. The molecule has 7 rings (SSSR count). The van der Waals surface area contributed by atoms with Crippen molar-refractivity contribution < 1.29 is 23.9 Å². The van der Waals surface area contributed by atoms with Gasteiger partial charge in [-0.1, -0.05) is 18.2 Å². The number of aldehydes is 1. The standard InChI is InChI=1S/C37H40BrN7O6S/c1-39-30(47)11-8-26(20-46)45-34(48)28-4-3-5-29(31(28)35(45)49)43-13-12-22(17-43)21-51-27-9-6-23(7-10-27)24-16-25(19-42(2)18-24)40-33-32(38)36(50)44-14-15-52-37(44)41-33/h3-7,9-10,14-15,20,22,24-26,40H,8,11-13,16-19,21H2,1-2H3,(H,39,47). The highest BCUT2D eigenvalue weighted by atomic mass is 79.9. The van der Waals surface area contributed by atoms with Crippen molar-refractivity contribution in [3.05, 3.63) is 85.6 Å². The maximum absolute atomic E-state index is 13.6. The van der Waals surface area contributed by atoms with Crippen LogP contribution in [0.3, 0.4) is 0 Å². The third-order valence-electron chi connectivity index (χ3n) is 10.2. The molecule has 2 saturated heterocycles. The van der Waals surface area contributed by atoms with E-state index in [0.717, 1.165) is 36.6 Å². The molecule has 0 radical (unpaired) electrons. The van der Waals surface area contributed by atoms with Crippen LogP contribution in [0, 0.1) is 5.92 Å². The van der Waals surface area contributed by atoms with Crippen LogP contribution in [0.2, 0.25) is 0 Å². The minimum Gasteiger partial charge on any atom is -0.493 e. The molecule has 2 N–H and O–H groups in total. The number of nitrogens with zero attached hydrogens (tertiary/aromatic N) is 5. The third-order valence-corrected chi connectivity index (χ3v) is 11.7. The second-order valence-electron chi connectivity index (χ2n) is 13.7. The van der Waals surface area contributed by atoms with Gasteiger partial charge in [0.05, 0.1) is 29.5 Å². The zero-order valence-corrected chi connectivity index (χ0v) is 31.3. The largest absolute Gasteiger partial charge is 0.493 e. The molecule has 15 heteroatoms. The van der Waals surface area contributed by atoms with Crippen molar-refractivity contribution in [2.45, 2.75) is 43.7 Å². The van der Waals surface area contributed by atoms with E-state index >= 15 is 0 Å². The monoisotopic (exact) mass is 789 g/mol. The number of imide groups is 1. The van der Waals surface area contributed by atoms with Gasteiger partial charge in [-0.25, -0.2) is 4.98 Å². The fraction of sp³-hybridized carbons (Fsp3) is 0.405. The molecule has 0 aliphatic carbocycles. The molecule has 2 aromatic heterocycles. The van der Waals surface area contributed by atoms with Crippen molar-refractivity contribution in [2.75, 3.05) is 57.1 Å². The van der Waals surface area contributed by atoms with Crippen molar-refractivity contribution in [2.24, 2.45) is 5.92 Å². The normalized spacial score (nSPS) is 21.0. The number of rotatable bonds is 12. The summed E-state index contributed by atoms with van der Waals surface area (Å²) in [6, 6.07) is 12.6. The van der Waals surface area contributed by atoms with Crippen molar-refractivity contribution >= 4 is 67.7 Å². The first-order chi connectivity index (χ1) is 25.1. The van der Waals surface area contributed by atoms with Gasteiger partial charge in [-0.15, -0.1) is 11.3 Å². The summed E-state index contributed by atoms with van der Waals surface area (Å²) in [6.45, 7) is 3.61. The molecule has 2 fully saturated rings. The van der Waals surface area contributed by atoms with Crippen molar-refractivity contribution in [3.8, 4) is 5.75 Å². The highest BCUT2D eigenvalue weighted by Gasteiger charge is 2.43. The Kier molecular flexibility index (Phi) is 10.4. The second kappa shape index (κ2) is 15.2. The number of hydrogen-bond donors (Lipinski definition) is 2. The van der Waals surface area contributed by atoms with E-state index in [2.05, 4.69) is 60.5 Å². The van der Waals surface area contributed by atoms with Crippen molar-refractivity contribution in [3.63, 3.8) is 0 Å². The minimum absolute atomic E-state index is 0.0288. The first kappa shape index (κ1) is 35.8. The van der Waals surface area contributed by atoms with Gasteiger partial charge in [0.15, 0.2) is 4.96 Å². The summed E-state index contributed by atoms with van der Waals surface area (Å²) in [5, 5.41) is 7.87. The molecule has 5 heterocycles. The van der Waals surface area contributed by atoms with Crippen LogP contribution >= 0.6 is 27.3 Å². The highest BCUT2D eigenvalue weighted by molar-refractivity contribution is 9.10. The fourth-order valence-corrected chi connectivity index (χ4v) is 8.66. The van der Waals surface area contributed by atoms with Crippen LogP contribution in [0.4, 0.5) is 11.5 Å². The van der Waals surface area contributed by atoms with Gasteiger partial charge >= 0.3 is 0 Å². The predicted octanol–water partition coefficient (Wildman–Crippen LogP) is 4.01. The number of thiazole rings is 1. The van der Waals surface area contributed by atoms with Crippen LogP contribution in [0.15, 0.2) is 63.3 Å². The molecule has 272 valence electrons. The van der Waals surface area contributed by atoms with Gasteiger partial charge in [0.1, 0.15) is 22.3 Å². The topological polar surface area (TPSA) is 146 Å². The van der Waals surface area contributed by atoms with Crippen molar-refractivity contribution in [1.29, 1.82) is 0 Å². The number of carbonyl (C=O) groups is 4. The Hall–Kier alpha value is -4.60. The second-order valence-corrected chi connectivity index (χ2v) is 15.4. The van der Waals surface area contributed by atoms with Crippen LogP contribution in [0.1, 0.15) is 57.9 Å². The zero-order chi connectivity index (χ0) is 36.5. The summed E-state index contributed by atoms with van der Waals surface area (Å²) in [6.07, 6.45) is 4.14. The van der Waals surface area contributed by atoms with Gasteiger partial charge in [0.25, 0.3) is 17.4 Å². The number of carbonyl (C=O) groups excluding carboxylic acids is 4. The average Bonchev–Trinajstić information content (AvgIpc) is 3.89. The minimum atomic E-state index is -1.01. The summed E-state index contributed by atoms with van der Waals surface area (Å²) in [7, 11) is 3.61. The molecule has 4 aromatic rings. The van der Waals surface area contributed by atoms with Crippen LogP contribution < -0.4 is 25.8 Å². The quantitative estimate of drug-likeness (QED) is 0.160. The Morgan fingerprint density at radius 3 is 2.69 bits per heavy atom. The van der Waals surface area contributed by atoms with Gasteiger partial charge in [0.2, 0.25) is 5.91 Å². The van der Waals surface area contributed by atoms with E-state index in [1.54, 1.807) is 22.7 Å². The number of anilines is 2. The van der Waals surface area contributed by atoms with Gasteiger partial charge in [-0.2, -0.15) is 0 Å². The number of aromatic nitrogens is 2. The van der Waals surface area contributed by atoms with Gasteiger partial charge in [-0.05, 0) is 78.0 Å². The van der Waals surface area contributed by atoms with E-state index in [1.165, 1.54) is 23.9 Å². The van der Waals surface area contributed by atoms with E-state index in [9.17, 15) is 24.0 Å². The van der Waals surface area contributed by atoms with Gasteiger partial charge < -0.3 is 30.0 Å². The molecule has 3 aliphatic rings. The molecule has 3 aliphatic heterocycles. The first-order valence-electron chi connectivity index (χ1n) is 17.4. The summed E-state index contributed by atoms with van der Waals surface area (Å²) >= 11 is 4.88. The maximum Gasteiger partial charge on any atom is 0.275 e. The molecule has 13 nitrogen and oxygen atoms in total.